The molecule has 1 aromatic rings. The van der Waals surface area contributed by atoms with Gasteiger partial charge in [-0.1, -0.05) is 28.1 Å². The normalized spacial score (nSPS) is 13.2. The van der Waals surface area contributed by atoms with E-state index in [1.54, 1.807) is 0 Å². The molecule has 1 rings (SSSR count). The lowest BCUT2D eigenvalue weighted by atomic mass is 9.93. The second-order valence-corrected chi connectivity index (χ2v) is 5.95. The van der Waals surface area contributed by atoms with E-state index in [1.165, 1.54) is 12.7 Å². The third kappa shape index (κ3) is 4.10. The van der Waals surface area contributed by atoms with Gasteiger partial charge in [0.15, 0.2) is 0 Å². The SMILES string of the molecule is COC(=O)C(C)(C)CN[C@@H](C)c1cccc(Br)c1. The number of carbonyl (C=O) groups excluding carboxylic acids is 1. The molecular formula is C14H20BrNO2. The fraction of sp³-hybridized carbons (Fsp3) is 0.500. The van der Waals surface area contributed by atoms with Gasteiger partial charge in [-0.15, -0.1) is 0 Å². The Balaban J connectivity index is 2.61. The Morgan fingerprint density at radius 3 is 2.72 bits per heavy atom. The van der Waals surface area contributed by atoms with Gasteiger partial charge in [0.2, 0.25) is 0 Å². The van der Waals surface area contributed by atoms with Gasteiger partial charge in [0.1, 0.15) is 0 Å². The Bertz CT molecular complexity index is 418. The van der Waals surface area contributed by atoms with Crippen LogP contribution in [0.15, 0.2) is 28.7 Å². The topological polar surface area (TPSA) is 38.3 Å². The number of hydrogen-bond acceptors (Lipinski definition) is 3. The van der Waals surface area contributed by atoms with Crippen molar-refractivity contribution in [3.63, 3.8) is 0 Å². The van der Waals surface area contributed by atoms with Crippen LogP contribution in [0.25, 0.3) is 0 Å². The van der Waals surface area contributed by atoms with E-state index in [0.717, 1.165) is 4.47 Å². The van der Waals surface area contributed by atoms with Crippen LogP contribution >= 0.6 is 15.9 Å². The highest BCUT2D eigenvalue weighted by atomic mass is 79.9. The number of methoxy groups -OCH3 is 1. The molecule has 0 aromatic heterocycles. The number of ether oxygens (including phenoxy) is 1. The second kappa shape index (κ2) is 6.34. The van der Waals surface area contributed by atoms with Crippen LogP contribution in [-0.2, 0) is 9.53 Å². The standard InChI is InChI=1S/C14H20BrNO2/c1-10(11-6-5-7-12(15)8-11)16-9-14(2,3)13(17)18-4/h5-8,10,16H,9H2,1-4H3/t10-/m0/s1. The molecule has 0 unspecified atom stereocenters. The van der Waals surface area contributed by atoms with Gasteiger partial charge in [0, 0.05) is 17.1 Å². The van der Waals surface area contributed by atoms with E-state index in [-0.39, 0.29) is 12.0 Å². The minimum absolute atomic E-state index is 0.187. The zero-order valence-corrected chi connectivity index (χ0v) is 12.9. The van der Waals surface area contributed by atoms with Gasteiger partial charge in [0.05, 0.1) is 12.5 Å². The van der Waals surface area contributed by atoms with E-state index in [1.807, 2.05) is 26.0 Å². The highest BCUT2D eigenvalue weighted by Gasteiger charge is 2.28. The molecule has 0 heterocycles. The van der Waals surface area contributed by atoms with E-state index in [4.69, 9.17) is 4.74 Å². The average Bonchev–Trinajstić information content (AvgIpc) is 2.35. The highest BCUT2D eigenvalue weighted by molar-refractivity contribution is 9.10. The molecular weight excluding hydrogens is 294 g/mol. The molecule has 0 fully saturated rings. The Hall–Kier alpha value is -0.870. The zero-order chi connectivity index (χ0) is 13.8. The van der Waals surface area contributed by atoms with Crippen LogP contribution in [0, 0.1) is 5.41 Å². The molecule has 0 saturated heterocycles. The number of hydrogen-bond donors (Lipinski definition) is 1. The van der Waals surface area contributed by atoms with Gasteiger partial charge in [-0.25, -0.2) is 0 Å². The molecule has 0 saturated carbocycles. The summed E-state index contributed by atoms with van der Waals surface area (Å²) < 4.78 is 5.84. The molecule has 100 valence electrons. The van der Waals surface area contributed by atoms with Crippen LogP contribution in [0.2, 0.25) is 0 Å². The van der Waals surface area contributed by atoms with Crippen molar-refractivity contribution >= 4 is 21.9 Å². The first kappa shape index (κ1) is 15.2. The predicted octanol–water partition coefficient (Wildman–Crippen LogP) is 3.30. The molecule has 0 aliphatic rings. The van der Waals surface area contributed by atoms with Crippen molar-refractivity contribution in [2.75, 3.05) is 13.7 Å². The number of rotatable bonds is 5. The lowest BCUT2D eigenvalue weighted by Gasteiger charge is -2.24. The molecule has 0 amide bonds. The summed E-state index contributed by atoms with van der Waals surface area (Å²) in [6.45, 7) is 6.40. The minimum Gasteiger partial charge on any atom is -0.469 e. The van der Waals surface area contributed by atoms with Crippen molar-refractivity contribution in [3.8, 4) is 0 Å². The maximum absolute atomic E-state index is 11.6. The van der Waals surface area contributed by atoms with Crippen molar-refractivity contribution in [1.29, 1.82) is 0 Å². The largest absolute Gasteiger partial charge is 0.469 e. The molecule has 0 spiro atoms. The van der Waals surface area contributed by atoms with Crippen molar-refractivity contribution in [3.05, 3.63) is 34.3 Å². The minimum atomic E-state index is -0.519. The molecule has 4 heteroatoms. The summed E-state index contributed by atoms with van der Waals surface area (Å²) in [5.74, 6) is -0.198. The Kier molecular flexibility index (Phi) is 5.35. The van der Waals surface area contributed by atoms with E-state index in [2.05, 4.69) is 40.3 Å². The molecule has 1 aromatic carbocycles. The van der Waals surface area contributed by atoms with Crippen LogP contribution < -0.4 is 5.32 Å². The first-order valence-corrected chi connectivity index (χ1v) is 6.73. The van der Waals surface area contributed by atoms with E-state index >= 15 is 0 Å². The van der Waals surface area contributed by atoms with Crippen LogP contribution in [-0.4, -0.2) is 19.6 Å². The average molecular weight is 314 g/mol. The lowest BCUT2D eigenvalue weighted by Crippen LogP contribution is -2.37. The van der Waals surface area contributed by atoms with Gasteiger partial charge >= 0.3 is 5.97 Å². The van der Waals surface area contributed by atoms with Crippen molar-refractivity contribution in [2.24, 2.45) is 5.41 Å². The highest BCUT2D eigenvalue weighted by Crippen LogP contribution is 2.21. The maximum atomic E-state index is 11.6. The Morgan fingerprint density at radius 1 is 1.50 bits per heavy atom. The molecule has 0 bridgehead atoms. The summed E-state index contributed by atoms with van der Waals surface area (Å²) in [4.78, 5) is 11.6. The van der Waals surface area contributed by atoms with Crippen molar-refractivity contribution < 1.29 is 9.53 Å². The number of nitrogens with one attached hydrogen (secondary N) is 1. The maximum Gasteiger partial charge on any atom is 0.312 e. The van der Waals surface area contributed by atoms with E-state index < -0.39 is 5.41 Å². The van der Waals surface area contributed by atoms with Gasteiger partial charge in [-0.3, -0.25) is 4.79 Å². The van der Waals surface area contributed by atoms with Crippen molar-refractivity contribution in [1.82, 2.24) is 5.32 Å². The van der Waals surface area contributed by atoms with Crippen molar-refractivity contribution in [2.45, 2.75) is 26.8 Å². The monoisotopic (exact) mass is 313 g/mol. The fourth-order valence-electron chi connectivity index (χ4n) is 1.65. The predicted molar refractivity (Wildman–Crippen MR) is 76.4 cm³/mol. The fourth-order valence-corrected chi connectivity index (χ4v) is 2.07. The smallest absolute Gasteiger partial charge is 0.312 e. The van der Waals surface area contributed by atoms with Crippen LogP contribution in [0.4, 0.5) is 0 Å². The van der Waals surface area contributed by atoms with Crippen LogP contribution in [0.5, 0.6) is 0 Å². The zero-order valence-electron chi connectivity index (χ0n) is 11.3. The van der Waals surface area contributed by atoms with Crippen LogP contribution in [0.3, 0.4) is 0 Å². The molecule has 0 aliphatic heterocycles. The summed E-state index contributed by atoms with van der Waals surface area (Å²) in [7, 11) is 1.42. The third-order valence-electron chi connectivity index (χ3n) is 2.94. The van der Waals surface area contributed by atoms with Gasteiger partial charge in [-0.05, 0) is 38.5 Å². The van der Waals surface area contributed by atoms with Gasteiger partial charge in [0.25, 0.3) is 0 Å². The molecule has 1 N–H and O–H groups in total. The first-order valence-electron chi connectivity index (χ1n) is 5.94. The number of halogens is 1. The van der Waals surface area contributed by atoms with E-state index in [9.17, 15) is 4.79 Å². The second-order valence-electron chi connectivity index (χ2n) is 5.03. The van der Waals surface area contributed by atoms with E-state index in [0.29, 0.717) is 6.54 Å². The first-order chi connectivity index (χ1) is 8.36. The third-order valence-corrected chi connectivity index (χ3v) is 3.43. The Labute approximate surface area is 117 Å². The quantitative estimate of drug-likeness (QED) is 0.848. The summed E-state index contributed by atoms with van der Waals surface area (Å²) in [6, 6.07) is 8.32. The summed E-state index contributed by atoms with van der Waals surface area (Å²) in [6.07, 6.45) is 0. The number of benzene rings is 1. The molecule has 1 atom stereocenters. The molecule has 18 heavy (non-hydrogen) atoms. The Morgan fingerprint density at radius 2 is 2.17 bits per heavy atom. The lowest BCUT2D eigenvalue weighted by molar-refractivity contribution is -0.150. The molecule has 3 nitrogen and oxygen atoms in total. The van der Waals surface area contributed by atoms with Crippen LogP contribution in [0.1, 0.15) is 32.4 Å². The molecule has 0 aliphatic carbocycles. The summed E-state index contributed by atoms with van der Waals surface area (Å²) in [5.41, 5.74) is 0.666. The van der Waals surface area contributed by atoms with Gasteiger partial charge in [-0.2, -0.15) is 0 Å². The number of esters is 1. The van der Waals surface area contributed by atoms with Gasteiger partial charge < -0.3 is 10.1 Å². The molecule has 0 radical (unpaired) electrons. The summed E-state index contributed by atoms with van der Waals surface area (Å²) >= 11 is 3.45. The number of carbonyl (C=O) groups is 1. The summed E-state index contributed by atoms with van der Waals surface area (Å²) in [5, 5.41) is 3.36.